The highest BCUT2D eigenvalue weighted by Crippen LogP contribution is 2.16. The van der Waals surface area contributed by atoms with Gasteiger partial charge in [-0.05, 0) is 24.3 Å². The number of rotatable bonds is 7. The number of benzene rings is 1. The summed E-state index contributed by atoms with van der Waals surface area (Å²) < 4.78 is 12.8. The van der Waals surface area contributed by atoms with Gasteiger partial charge in [0.25, 0.3) is 5.91 Å². The molecule has 3 heterocycles. The molecule has 0 aliphatic carbocycles. The van der Waals surface area contributed by atoms with Crippen LogP contribution in [0.2, 0.25) is 0 Å². The molecule has 7 heteroatoms. The van der Waals surface area contributed by atoms with Crippen molar-refractivity contribution < 1.29 is 13.9 Å². The van der Waals surface area contributed by atoms with Crippen molar-refractivity contribution in [2.24, 2.45) is 0 Å². The predicted octanol–water partition coefficient (Wildman–Crippen LogP) is 1.93. The Balaban J connectivity index is 1.43. The second-order valence-electron chi connectivity index (χ2n) is 6.61. The van der Waals surface area contributed by atoms with Gasteiger partial charge in [0.2, 0.25) is 0 Å². The third-order valence-corrected chi connectivity index (χ3v) is 4.86. The molecule has 7 nitrogen and oxygen atoms in total. The van der Waals surface area contributed by atoms with E-state index in [4.69, 9.17) is 14.1 Å². The minimum absolute atomic E-state index is 0.198. The SMILES string of the molecule is O=C(NCCc1nc2ccccc2n1CCN1CCOCC1)c1ccco1. The van der Waals surface area contributed by atoms with Crippen LogP contribution in [-0.2, 0) is 17.7 Å². The summed E-state index contributed by atoms with van der Waals surface area (Å²) in [6.07, 6.45) is 2.17. The predicted molar refractivity (Wildman–Crippen MR) is 102 cm³/mol. The number of nitrogens with one attached hydrogen (secondary N) is 1. The van der Waals surface area contributed by atoms with Crippen molar-refractivity contribution in [2.45, 2.75) is 13.0 Å². The number of aromatic nitrogens is 2. The van der Waals surface area contributed by atoms with Crippen molar-refractivity contribution in [3.05, 3.63) is 54.2 Å². The van der Waals surface area contributed by atoms with Crippen LogP contribution in [0.4, 0.5) is 0 Å². The highest BCUT2D eigenvalue weighted by molar-refractivity contribution is 5.91. The van der Waals surface area contributed by atoms with Gasteiger partial charge in [-0.1, -0.05) is 12.1 Å². The number of carbonyl (C=O) groups is 1. The second-order valence-corrected chi connectivity index (χ2v) is 6.61. The number of furan rings is 1. The molecule has 1 aliphatic rings. The lowest BCUT2D eigenvalue weighted by Crippen LogP contribution is -2.38. The molecule has 1 aromatic carbocycles. The van der Waals surface area contributed by atoms with E-state index in [2.05, 4.69) is 20.9 Å². The summed E-state index contributed by atoms with van der Waals surface area (Å²) in [6.45, 7) is 5.91. The molecule has 0 saturated carbocycles. The van der Waals surface area contributed by atoms with E-state index in [1.54, 1.807) is 12.1 Å². The Bertz CT molecular complexity index is 882. The highest BCUT2D eigenvalue weighted by atomic mass is 16.5. The number of hydrogen-bond donors (Lipinski definition) is 1. The minimum Gasteiger partial charge on any atom is -0.459 e. The van der Waals surface area contributed by atoms with Gasteiger partial charge in [0, 0.05) is 39.1 Å². The van der Waals surface area contributed by atoms with Gasteiger partial charge in [0.05, 0.1) is 30.5 Å². The van der Waals surface area contributed by atoms with E-state index in [1.165, 1.54) is 6.26 Å². The number of ether oxygens (including phenoxy) is 1. The standard InChI is InChI=1S/C20H24N4O3/c25-20(18-6-3-13-27-18)21-8-7-19-22-16-4-1-2-5-17(16)24(19)10-9-23-11-14-26-15-12-23/h1-6,13H,7-12,14-15H2,(H,21,25). The van der Waals surface area contributed by atoms with Crippen LogP contribution in [0, 0.1) is 0 Å². The van der Waals surface area contributed by atoms with Crippen LogP contribution in [-0.4, -0.2) is 59.8 Å². The maximum Gasteiger partial charge on any atom is 0.286 e. The van der Waals surface area contributed by atoms with Crippen molar-refractivity contribution in [1.82, 2.24) is 19.8 Å². The molecule has 0 bridgehead atoms. The summed E-state index contributed by atoms with van der Waals surface area (Å²) in [5.74, 6) is 1.12. The number of fused-ring (bicyclic) bond motifs is 1. The number of amides is 1. The van der Waals surface area contributed by atoms with Crippen molar-refractivity contribution in [2.75, 3.05) is 39.4 Å². The second kappa shape index (κ2) is 8.37. The molecule has 1 saturated heterocycles. The van der Waals surface area contributed by atoms with Crippen LogP contribution in [0.3, 0.4) is 0 Å². The number of nitrogens with zero attached hydrogens (tertiary/aromatic N) is 3. The average Bonchev–Trinajstić information content (AvgIpc) is 3.35. The molecule has 1 fully saturated rings. The number of hydrogen-bond acceptors (Lipinski definition) is 5. The lowest BCUT2D eigenvalue weighted by atomic mass is 10.3. The van der Waals surface area contributed by atoms with Gasteiger partial charge in [-0.25, -0.2) is 4.98 Å². The highest BCUT2D eigenvalue weighted by Gasteiger charge is 2.15. The fourth-order valence-corrected chi connectivity index (χ4v) is 3.41. The van der Waals surface area contributed by atoms with Crippen LogP contribution >= 0.6 is 0 Å². The van der Waals surface area contributed by atoms with E-state index < -0.39 is 0 Å². The fourth-order valence-electron chi connectivity index (χ4n) is 3.41. The lowest BCUT2D eigenvalue weighted by Gasteiger charge is -2.27. The molecular formula is C20H24N4O3. The van der Waals surface area contributed by atoms with Crippen LogP contribution in [0.1, 0.15) is 16.4 Å². The number of carbonyl (C=O) groups excluding carboxylic acids is 1. The maximum atomic E-state index is 12.0. The summed E-state index contributed by atoms with van der Waals surface area (Å²) in [7, 11) is 0. The maximum absolute atomic E-state index is 12.0. The Morgan fingerprint density at radius 3 is 2.78 bits per heavy atom. The first-order valence-corrected chi connectivity index (χ1v) is 9.37. The van der Waals surface area contributed by atoms with E-state index in [-0.39, 0.29) is 5.91 Å². The summed E-state index contributed by atoms with van der Waals surface area (Å²) in [5, 5.41) is 2.90. The Morgan fingerprint density at radius 2 is 1.96 bits per heavy atom. The Morgan fingerprint density at radius 1 is 1.11 bits per heavy atom. The molecule has 0 radical (unpaired) electrons. The van der Waals surface area contributed by atoms with Crippen molar-refractivity contribution in [1.29, 1.82) is 0 Å². The van der Waals surface area contributed by atoms with E-state index in [9.17, 15) is 4.79 Å². The Labute approximate surface area is 157 Å². The Kier molecular flexibility index (Phi) is 5.50. The minimum atomic E-state index is -0.198. The zero-order chi connectivity index (χ0) is 18.5. The Hall–Kier alpha value is -2.64. The monoisotopic (exact) mass is 368 g/mol. The van der Waals surface area contributed by atoms with Gasteiger partial charge < -0.3 is 19.0 Å². The van der Waals surface area contributed by atoms with Crippen molar-refractivity contribution in [3.63, 3.8) is 0 Å². The van der Waals surface area contributed by atoms with E-state index in [1.807, 2.05) is 18.2 Å². The zero-order valence-corrected chi connectivity index (χ0v) is 15.3. The van der Waals surface area contributed by atoms with Gasteiger partial charge >= 0.3 is 0 Å². The molecule has 2 aromatic heterocycles. The average molecular weight is 368 g/mol. The van der Waals surface area contributed by atoms with Gasteiger partial charge in [0.15, 0.2) is 5.76 Å². The molecule has 1 aliphatic heterocycles. The molecule has 0 atom stereocenters. The molecule has 142 valence electrons. The molecule has 27 heavy (non-hydrogen) atoms. The largest absolute Gasteiger partial charge is 0.459 e. The number of imidazole rings is 1. The van der Waals surface area contributed by atoms with Crippen molar-refractivity contribution in [3.8, 4) is 0 Å². The first-order chi connectivity index (χ1) is 13.3. The summed E-state index contributed by atoms with van der Waals surface area (Å²) in [5.41, 5.74) is 2.13. The summed E-state index contributed by atoms with van der Waals surface area (Å²) in [6, 6.07) is 11.5. The van der Waals surface area contributed by atoms with Gasteiger partial charge in [-0.3, -0.25) is 9.69 Å². The first kappa shape index (κ1) is 17.8. The van der Waals surface area contributed by atoms with E-state index in [0.717, 1.165) is 56.3 Å². The molecule has 1 amide bonds. The van der Waals surface area contributed by atoms with Crippen LogP contribution in [0.25, 0.3) is 11.0 Å². The fraction of sp³-hybridized carbons (Fsp3) is 0.400. The molecule has 0 unspecified atom stereocenters. The molecular weight excluding hydrogens is 344 g/mol. The molecule has 3 aromatic rings. The van der Waals surface area contributed by atoms with Gasteiger partial charge in [-0.2, -0.15) is 0 Å². The van der Waals surface area contributed by atoms with E-state index in [0.29, 0.717) is 18.7 Å². The van der Waals surface area contributed by atoms with Crippen molar-refractivity contribution >= 4 is 16.9 Å². The van der Waals surface area contributed by atoms with E-state index >= 15 is 0 Å². The zero-order valence-electron chi connectivity index (χ0n) is 15.3. The quantitative estimate of drug-likeness (QED) is 0.690. The van der Waals surface area contributed by atoms with Crippen LogP contribution in [0.15, 0.2) is 47.1 Å². The normalized spacial score (nSPS) is 15.3. The van der Waals surface area contributed by atoms with Crippen LogP contribution < -0.4 is 5.32 Å². The molecule has 0 spiro atoms. The smallest absolute Gasteiger partial charge is 0.286 e. The van der Waals surface area contributed by atoms with Crippen LogP contribution in [0.5, 0.6) is 0 Å². The number of para-hydroxylation sites is 2. The third-order valence-electron chi connectivity index (χ3n) is 4.86. The summed E-state index contributed by atoms with van der Waals surface area (Å²) in [4.78, 5) is 19.2. The number of morpholine rings is 1. The third kappa shape index (κ3) is 4.20. The topological polar surface area (TPSA) is 72.5 Å². The molecule has 1 N–H and O–H groups in total. The molecule has 4 rings (SSSR count). The summed E-state index contributed by atoms with van der Waals surface area (Å²) >= 11 is 0. The van der Waals surface area contributed by atoms with Gasteiger partial charge in [-0.15, -0.1) is 0 Å². The van der Waals surface area contributed by atoms with Gasteiger partial charge in [0.1, 0.15) is 5.82 Å². The first-order valence-electron chi connectivity index (χ1n) is 9.37. The lowest BCUT2D eigenvalue weighted by molar-refractivity contribution is 0.0364.